The Balaban J connectivity index is 1.27. The molecular weight excluding hydrogens is 318 g/mol. The van der Waals surface area contributed by atoms with Gasteiger partial charge in [-0.15, -0.1) is 0 Å². The highest BCUT2D eigenvalue weighted by molar-refractivity contribution is 5.74. The minimum Gasteiger partial charge on any atom is -0.381 e. The zero-order valence-electron chi connectivity index (χ0n) is 15.6. The number of piperidine rings is 1. The minimum absolute atomic E-state index is 0.225. The van der Waals surface area contributed by atoms with E-state index in [1.54, 1.807) is 11.1 Å². The molecule has 2 aliphatic heterocycles. The summed E-state index contributed by atoms with van der Waals surface area (Å²) in [6.07, 6.45) is 7.62. The molecule has 5 rings (SSSR count). The summed E-state index contributed by atoms with van der Waals surface area (Å²) in [5.74, 6) is 0. The number of benzene rings is 2. The molecule has 3 heteroatoms. The van der Waals surface area contributed by atoms with E-state index in [2.05, 4.69) is 58.0 Å². The Labute approximate surface area is 156 Å². The van der Waals surface area contributed by atoms with Crippen molar-refractivity contribution in [2.24, 2.45) is 0 Å². The van der Waals surface area contributed by atoms with Crippen LogP contribution >= 0.6 is 0 Å². The maximum atomic E-state index is 3.96. The first-order chi connectivity index (χ1) is 12.8. The van der Waals surface area contributed by atoms with Crippen molar-refractivity contribution in [2.45, 2.75) is 50.6 Å². The van der Waals surface area contributed by atoms with E-state index < -0.39 is 0 Å². The average Bonchev–Trinajstić information content (AvgIpc) is 2.69. The van der Waals surface area contributed by atoms with Crippen LogP contribution in [0, 0.1) is 0 Å². The minimum atomic E-state index is 0.225. The van der Waals surface area contributed by atoms with Gasteiger partial charge in [0.05, 0.1) is 16.9 Å². The molecule has 0 unspecified atom stereocenters. The topological polar surface area (TPSA) is 27.3 Å². The Kier molecular flexibility index (Phi) is 4.12. The number of nitrogens with one attached hydrogen (secondary N) is 2. The Hall–Kier alpha value is -2.00. The van der Waals surface area contributed by atoms with E-state index in [0.29, 0.717) is 0 Å². The molecule has 2 aromatic carbocycles. The lowest BCUT2D eigenvalue weighted by Gasteiger charge is -2.46. The number of nitrogens with zero attached hydrogens (tertiary/aromatic N) is 1. The highest BCUT2D eigenvalue weighted by Crippen LogP contribution is 2.39. The van der Waals surface area contributed by atoms with Crippen LogP contribution in [-0.2, 0) is 19.4 Å². The van der Waals surface area contributed by atoms with Gasteiger partial charge in [-0.2, -0.15) is 0 Å². The Morgan fingerprint density at radius 3 is 2.31 bits per heavy atom. The molecule has 0 atom stereocenters. The molecule has 3 aliphatic rings. The van der Waals surface area contributed by atoms with Crippen molar-refractivity contribution in [3.05, 3.63) is 59.2 Å². The van der Waals surface area contributed by atoms with E-state index in [0.717, 1.165) is 13.1 Å². The average molecular weight is 348 g/mol. The fourth-order valence-electron chi connectivity index (χ4n) is 4.91. The van der Waals surface area contributed by atoms with E-state index in [1.165, 1.54) is 68.6 Å². The normalized spacial score (nSPS) is 21.4. The third-order valence-electron chi connectivity index (χ3n) is 6.56. The van der Waals surface area contributed by atoms with Crippen molar-refractivity contribution in [3.8, 4) is 0 Å². The summed E-state index contributed by atoms with van der Waals surface area (Å²) < 4.78 is 0. The molecule has 1 saturated heterocycles. The first kappa shape index (κ1) is 16.2. The standard InChI is InChI=1S/C23H29N3/c1-2-6-18(7-3-1)16-26-12-10-23(11-13-26)17-24-21-14-19-8-4-5-9-20(19)15-22(21)25-23/h1-3,6-7,14-15,24-25H,4-5,8-13,16-17H2. The van der Waals surface area contributed by atoms with Crippen LogP contribution in [0.1, 0.15) is 42.4 Å². The summed E-state index contributed by atoms with van der Waals surface area (Å²) in [5.41, 5.74) is 7.45. The van der Waals surface area contributed by atoms with Gasteiger partial charge in [0.2, 0.25) is 0 Å². The van der Waals surface area contributed by atoms with Gasteiger partial charge in [0.25, 0.3) is 0 Å². The summed E-state index contributed by atoms with van der Waals surface area (Å²) in [4.78, 5) is 2.60. The van der Waals surface area contributed by atoms with Crippen molar-refractivity contribution in [2.75, 3.05) is 30.3 Å². The first-order valence-corrected chi connectivity index (χ1v) is 10.2. The van der Waals surface area contributed by atoms with E-state index >= 15 is 0 Å². The molecule has 2 heterocycles. The highest BCUT2D eigenvalue weighted by atomic mass is 15.2. The van der Waals surface area contributed by atoms with Gasteiger partial charge in [-0.3, -0.25) is 4.90 Å². The third kappa shape index (κ3) is 3.09. The number of aryl methyl sites for hydroxylation is 2. The summed E-state index contributed by atoms with van der Waals surface area (Å²) in [6.45, 7) is 4.47. The van der Waals surface area contributed by atoms with Crippen molar-refractivity contribution >= 4 is 11.4 Å². The molecule has 136 valence electrons. The first-order valence-electron chi connectivity index (χ1n) is 10.2. The molecule has 1 spiro atoms. The summed E-state index contributed by atoms with van der Waals surface area (Å²) >= 11 is 0. The van der Waals surface area contributed by atoms with Crippen molar-refractivity contribution < 1.29 is 0 Å². The van der Waals surface area contributed by atoms with Crippen molar-refractivity contribution in [1.29, 1.82) is 0 Å². The SMILES string of the molecule is c1ccc(CN2CCC3(CC2)CNc2cc4c(cc2N3)CCCC4)cc1. The zero-order valence-corrected chi connectivity index (χ0v) is 15.6. The Bertz CT molecular complexity index is 776. The van der Waals surface area contributed by atoms with Crippen LogP contribution in [0.3, 0.4) is 0 Å². The third-order valence-corrected chi connectivity index (χ3v) is 6.56. The molecule has 1 fully saturated rings. The van der Waals surface area contributed by atoms with Gasteiger partial charge in [-0.25, -0.2) is 0 Å². The molecule has 0 bridgehead atoms. The fraction of sp³-hybridized carbons (Fsp3) is 0.478. The Morgan fingerprint density at radius 2 is 1.58 bits per heavy atom. The lowest BCUT2D eigenvalue weighted by Crippen LogP contribution is -2.54. The van der Waals surface area contributed by atoms with Gasteiger partial charge in [0, 0.05) is 26.2 Å². The second-order valence-electron chi connectivity index (χ2n) is 8.39. The largest absolute Gasteiger partial charge is 0.381 e. The number of fused-ring (bicyclic) bond motifs is 2. The molecule has 0 amide bonds. The number of hydrogen-bond donors (Lipinski definition) is 2. The zero-order chi connectivity index (χ0) is 17.4. The van der Waals surface area contributed by atoms with Gasteiger partial charge in [-0.05, 0) is 67.3 Å². The maximum absolute atomic E-state index is 3.96. The van der Waals surface area contributed by atoms with Gasteiger partial charge in [0.15, 0.2) is 0 Å². The number of hydrogen-bond acceptors (Lipinski definition) is 3. The van der Waals surface area contributed by atoms with Crippen molar-refractivity contribution in [3.63, 3.8) is 0 Å². The van der Waals surface area contributed by atoms with Gasteiger partial charge >= 0.3 is 0 Å². The smallest absolute Gasteiger partial charge is 0.0583 e. The molecular formula is C23H29N3. The van der Waals surface area contributed by atoms with Crippen LogP contribution in [0.5, 0.6) is 0 Å². The summed E-state index contributed by atoms with van der Waals surface area (Å²) in [7, 11) is 0. The molecule has 1 aliphatic carbocycles. The highest BCUT2D eigenvalue weighted by Gasteiger charge is 2.37. The van der Waals surface area contributed by atoms with Crippen LogP contribution in [0.25, 0.3) is 0 Å². The molecule has 0 radical (unpaired) electrons. The van der Waals surface area contributed by atoms with E-state index in [-0.39, 0.29) is 5.54 Å². The van der Waals surface area contributed by atoms with Crippen LogP contribution < -0.4 is 10.6 Å². The number of rotatable bonds is 2. The lowest BCUT2D eigenvalue weighted by atomic mass is 9.83. The van der Waals surface area contributed by atoms with Crippen molar-refractivity contribution in [1.82, 2.24) is 4.90 Å². The predicted octanol–water partition coefficient (Wildman–Crippen LogP) is 4.44. The number of likely N-dealkylation sites (tertiary alicyclic amines) is 1. The molecule has 3 nitrogen and oxygen atoms in total. The summed E-state index contributed by atoms with van der Waals surface area (Å²) in [6, 6.07) is 15.7. The monoisotopic (exact) mass is 347 g/mol. The van der Waals surface area contributed by atoms with Crippen LogP contribution in [0.15, 0.2) is 42.5 Å². The van der Waals surface area contributed by atoms with Gasteiger partial charge in [-0.1, -0.05) is 30.3 Å². The lowest BCUT2D eigenvalue weighted by molar-refractivity contribution is 0.171. The molecule has 2 aromatic rings. The predicted molar refractivity (Wildman–Crippen MR) is 109 cm³/mol. The van der Waals surface area contributed by atoms with E-state index in [1.807, 2.05) is 0 Å². The summed E-state index contributed by atoms with van der Waals surface area (Å²) in [5, 5.41) is 7.71. The number of anilines is 2. The van der Waals surface area contributed by atoms with Crippen LogP contribution in [-0.4, -0.2) is 30.1 Å². The fourth-order valence-corrected chi connectivity index (χ4v) is 4.91. The molecule has 26 heavy (non-hydrogen) atoms. The molecule has 0 saturated carbocycles. The van der Waals surface area contributed by atoms with Crippen LogP contribution in [0.2, 0.25) is 0 Å². The van der Waals surface area contributed by atoms with Crippen LogP contribution in [0.4, 0.5) is 11.4 Å². The second-order valence-corrected chi connectivity index (χ2v) is 8.39. The Morgan fingerprint density at radius 1 is 0.885 bits per heavy atom. The second kappa shape index (κ2) is 6.62. The quantitative estimate of drug-likeness (QED) is 0.841. The van der Waals surface area contributed by atoms with E-state index in [9.17, 15) is 0 Å². The van der Waals surface area contributed by atoms with E-state index in [4.69, 9.17) is 0 Å². The molecule has 2 N–H and O–H groups in total. The van der Waals surface area contributed by atoms with Gasteiger partial charge in [0.1, 0.15) is 0 Å². The molecule has 0 aromatic heterocycles. The van der Waals surface area contributed by atoms with Gasteiger partial charge < -0.3 is 10.6 Å². The maximum Gasteiger partial charge on any atom is 0.0583 e.